The second-order valence-electron chi connectivity index (χ2n) is 6.46. The average Bonchev–Trinajstić information content (AvgIpc) is 2.65. The van der Waals surface area contributed by atoms with Crippen LogP contribution in [0.3, 0.4) is 0 Å². The Morgan fingerprint density at radius 1 is 1.16 bits per heavy atom. The summed E-state index contributed by atoms with van der Waals surface area (Å²) in [6.45, 7) is 3.55. The molecule has 2 atom stereocenters. The van der Waals surface area contributed by atoms with Gasteiger partial charge in [-0.1, -0.05) is 42.5 Å². The zero-order valence-electron chi connectivity index (χ0n) is 14.1. The second kappa shape index (κ2) is 6.73. The molecule has 0 saturated heterocycles. The predicted molar refractivity (Wildman–Crippen MR) is 99.7 cm³/mol. The molecular formula is C21H21FN2O. The van der Waals surface area contributed by atoms with Crippen molar-refractivity contribution >= 4 is 16.5 Å². The molecule has 128 valence electrons. The van der Waals surface area contributed by atoms with Crippen LogP contribution in [0, 0.1) is 5.82 Å². The highest BCUT2D eigenvalue weighted by molar-refractivity contribution is 5.86. The summed E-state index contributed by atoms with van der Waals surface area (Å²) in [5.41, 5.74) is 2.12. The lowest BCUT2D eigenvalue weighted by Crippen LogP contribution is -2.40. The van der Waals surface area contributed by atoms with Crippen LogP contribution in [0.25, 0.3) is 10.8 Å². The Morgan fingerprint density at radius 3 is 2.92 bits per heavy atom. The predicted octanol–water partition coefficient (Wildman–Crippen LogP) is 4.50. The Labute approximate surface area is 146 Å². The minimum atomic E-state index is -0.279. The molecular weight excluding hydrogens is 315 g/mol. The fraction of sp³-hybridized carbons (Fsp3) is 0.238. The Kier molecular flexibility index (Phi) is 4.28. The molecule has 3 nitrogen and oxygen atoms in total. The van der Waals surface area contributed by atoms with Crippen molar-refractivity contribution in [3.8, 4) is 5.75 Å². The second-order valence-corrected chi connectivity index (χ2v) is 6.46. The average molecular weight is 336 g/mol. The topological polar surface area (TPSA) is 33.3 Å². The Bertz CT molecular complexity index is 891. The van der Waals surface area contributed by atoms with Crippen LogP contribution in [0.5, 0.6) is 5.75 Å². The SMILES string of the molecule is CC(NCC1CNc2ccc(F)cc2O1)c1cccc2ccccc12. The third-order valence-electron chi connectivity index (χ3n) is 4.70. The molecule has 25 heavy (non-hydrogen) atoms. The molecule has 0 spiro atoms. The van der Waals surface area contributed by atoms with Crippen LogP contribution in [-0.4, -0.2) is 19.2 Å². The summed E-state index contributed by atoms with van der Waals surface area (Å²) in [6, 6.07) is 19.6. The summed E-state index contributed by atoms with van der Waals surface area (Å²) >= 11 is 0. The molecule has 0 fully saturated rings. The number of hydrogen-bond donors (Lipinski definition) is 2. The lowest BCUT2D eigenvalue weighted by molar-refractivity contribution is 0.197. The maximum atomic E-state index is 13.4. The standard InChI is InChI=1S/C21H21FN2O/c1-14(18-8-4-6-15-5-2-3-7-19(15)18)23-12-17-13-24-20-10-9-16(22)11-21(20)25-17/h2-11,14,17,23-24H,12-13H2,1H3. The van der Waals surface area contributed by atoms with E-state index in [2.05, 4.69) is 60.0 Å². The summed E-state index contributed by atoms with van der Waals surface area (Å²) in [4.78, 5) is 0. The van der Waals surface area contributed by atoms with Gasteiger partial charge in [-0.05, 0) is 35.4 Å². The van der Waals surface area contributed by atoms with Gasteiger partial charge in [0.15, 0.2) is 0 Å². The van der Waals surface area contributed by atoms with Crippen LogP contribution in [0.15, 0.2) is 60.7 Å². The zero-order chi connectivity index (χ0) is 17.2. The summed E-state index contributed by atoms with van der Waals surface area (Å²) in [6.07, 6.45) is -0.0354. The molecule has 0 aromatic heterocycles. The maximum absolute atomic E-state index is 13.4. The van der Waals surface area contributed by atoms with Crippen LogP contribution >= 0.6 is 0 Å². The Hall–Kier alpha value is -2.59. The summed E-state index contributed by atoms with van der Waals surface area (Å²) in [5, 5.41) is 9.36. The van der Waals surface area contributed by atoms with E-state index in [-0.39, 0.29) is 18.0 Å². The summed E-state index contributed by atoms with van der Waals surface area (Å²) < 4.78 is 19.3. The third kappa shape index (κ3) is 3.30. The summed E-state index contributed by atoms with van der Waals surface area (Å²) in [5.74, 6) is 0.300. The van der Waals surface area contributed by atoms with Crippen LogP contribution in [0.1, 0.15) is 18.5 Å². The first-order valence-electron chi connectivity index (χ1n) is 8.62. The molecule has 4 rings (SSSR count). The van der Waals surface area contributed by atoms with Crippen LogP contribution in [-0.2, 0) is 0 Å². The fourth-order valence-electron chi connectivity index (χ4n) is 3.34. The van der Waals surface area contributed by atoms with Gasteiger partial charge < -0.3 is 15.4 Å². The molecule has 0 saturated carbocycles. The number of benzene rings is 3. The van der Waals surface area contributed by atoms with Crippen molar-refractivity contribution in [2.45, 2.75) is 19.1 Å². The van der Waals surface area contributed by atoms with Gasteiger partial charge in [0.2, 0.25) is 0 Å². The number of anilines is 1. The van der Waals surface area contributed by atoms with E-state index >= 15 is 0 Å². The largest absolute Gasteiger partial charge is 0.485 e. The van der Waals surface area contributed by atoms with Crippen molar-refractivity contribution in [1.29, 1.82) is 0 Å². The molecule has 1 aliphatic heterocycles. The van der Waals surface area contributed by atoms with E-state index in [4.69, 9.17) is 4.74 Å². The van der Waals surface area contributed by atoms with E-state index in [0.29, 0.717) is 18.8 Å². The molecule has 4 heteroatoms. The number of ether oxygens (including phenoxy) is 1. The molecule has 3 aromatic rings. The lowest BCUT2D eigenvalue weighted by atomic mass is 9.99. The van der Waals surface area contributed by atoms with Gasteiger partial charge in [0.1, 0.15) is 17.7 Å². The maximum Gasteiger partial charge on any atom is 0.145 e. The van der Waals surface area contributed by atoms with Gasteiger partial charge in [-0.15, -0.1) is 0 Å². The molecule has 2 unspecified atom stereocenters. The highest BCUT2D eigenvalue weighted by Gasteiger charge is 2.20. The Balaban J connectivity index is 1.44. The molecule has 0 amide bonds. The van der Waals surface area contributed by atoms with E-state index in [1.165, 1.54) is 28.5 Å². The molecule has 0 bridgehead atoms. The molecule has 2 N–H and O–H groups in total. The monoisotopic (exact) mass is 336 g/mol. The van der Waals surface area contributed by atoms with E-state index in [0.717, 1.165) is 5.69 Å². The number of hydrogen-bond acceptors (Lipinski definition) is 3. The van der Waals surface area contributed by atoms with E-state index in [1.54, 1.807) is 6.07 Å². The summed E-state index contributed by atoms with van der Waals surface area (Å²) in [7, 11) is 0. The zero-order valence-corrected chi connectivity index (χ0v) is 14.1. The first-order valence-corrected chi connectivity index (χ1v) is 8.62. The number of nitrogens with one attached hydrogen (secondary N) is 2. The van der Waals surface area contributed by atoms with Crippen LogP contribution in [0.4, 0.5) is 10.1 Å². The highest BCUT2D eigenvalue weighted by atomic mass is 19.1. The van der Waals surface area contributed by atoms with Crippen molar-refractivity contribution in [3.63, 3.8) is 0 Å². The van der Waals surface area contributed by atoms with Crippen molar-refractivity contribution in [3.05, 3.63) is 72.0 Å². The molecule has 3 aromatic carbocycles. The molecule has 0 radical (unpaired) electrons. The van der Waals surface area contributed by atoms with Crippen LogP contribution in [0.2, 0.25) is 0 Å². The van der Waals surface area contributed by atoms with Gasteiger partial charge in [-0.2, -0.15) is 0 Å². The van der Waals surface area contributed by atoms with Crippen molar-refractivity contribution in [1.82, 2.24) is 5.32 Å². The van der Waals surface area contributed by atoms with Crippen LogP contribution < -0.4 is 15.4 Å². The van der Waals surface area contributed by atoms with E-state index in [1.807, 2.05) is 0 Å². The van der Waals surface area contributed by atoms with Gasteiger partial charge in [-0.3, -0.25) is 0 Å². The number of fused-ring (bicyclic) bond motifs is 2. The molecule has 0 aliphatic carbocycles. The van der Waals surface area contributed by atoms with E-state index < -0.39 is 0 Å². The van der Waals surface area contributed by atoms with Gasteiger partial charge in [-0.25, -0.2) is 4.39 Å². The highest BCUT2D eigenvalue weighted by Crippen LogP contribution is 2.30. The minimum absolute atomic E-state index is 0.0354. The van der Waals surface area contributed by atoms with Crippen molar-refractivity contribution < 1.29 is 9.13 Å². The smallest absolute Gasteiger partial charge is 0.145 e. The van der Waals surface area contributed by atoms with Gasteiger partial charge in [0.05, 0.1) is 12.2 Å². The normalized spacial score (nSPS) is 17.4. The molecule has 1 heterocycles. The van der Waals surface area contributed by atoms with Crippen molar-refractivity contribution in [2.75, 3.05) is 18.4 Å². The van der Waals surface area contributed by atoms with Crippen molar-refractivity contribution in [2.24, 2.45) is 0 Å². The number of halogens is 1. The van der Waals surface area contributed by atoms with Gasteiger partial charge >= 0.3 is 0 Å². The van der Waals surface area contributed by atoms with Gasteiger partial charge in [0.25, 0.3) is 0 Å². The Morgan fingerprint density at radius 2 is 2.00 bits per heavy atom. The number of rotatable bonds is 4. The first-order chi connectivity index (χ1) is 12.2. The van der Waals surface area contributed by atoms with Gasteiger partial charge in [0, 0.05) is 18.7 Å². The minimum Gasteiger partial charge on any atom is -0.485 e. The molecule has 1 aliphatic rings. The lowest BCUT2D eigenvalue weighted by Gasteiger charge is -2.29. The fourth-order valence-corrected chi connectivity index (χ4v) is 3.34. The van der Waals surface area contributed by atoms with E-state index in [9.17, 15) is 4.39 Å². The first kappa shape index (κ1) is 15.9. The quantitative estimate of drug-likeness (QED) is 0.736. The third-order valence-corrected chi connectivity index (χ3v) is 4.70.